The van der Waals surface area contributed by atoms with Gasteiger partial charge in [0.15, 0.2) is 17.4 Å². The Morgan fingerprint density at radius 1 is 0.812 bits per heavy atom. The zero-order valence-electron chi connectivity index (χ0n) is 55.4. The summed E-state index contributed by atoms with van der Waals surface area (Å²) >= 11 is 9.62. The van der Waals surface area contributed by atoms with E-state index in [1.807, 2.05) is 0 Å². The SMILES string of the molecule is CC(C)[C@H](NC(=O)CCOCCOCCOCCOCCOCCN1C(=O)C=CC1=O)C(=O)N[C@@H](C)C(=O)Nc1ccc(COC(=O)N(C)Cc2ccccc2C(=O)Nc2nc3c(ncn3[C@@H]3O[C@@H]4COP(O)(=S)O[C@H]5C[C@H](Oc6ccncn6)CC5COP(=O)(S)O[C@@H]3[C@@H]4O)c(=O)[nH]2)cc1. The highest BCUT2D eigenvalue weighted by Crippen LogP contribution is 2.59. The third kappa shape index (κ3) is 22.7. The number of aliphatic hydroxyl groups is 1. The summed E-state index contributed by atoms with van der Waals surface area (Å²) in [4.78, 5) is 136. The molecule has 4 aliphatic rings. The van der Waals surface area contributed by atoms with Crippen molar-refractivity contribution in [1.29, 1.82) is 0 Å². The largest absolute Gasteiger partial charge is 0.474 e. The van der Waals surface area contributed by atoms with E-state index >= 15 is 0 Å². The summed E-state index contributed by atoms with van der Waals surface area (Å²) in [7, 11) is 1.46. The highest BCUT2D eigenvalue weighted by atomic mass is 32.7. The molecular weight excluding hydrogens is 1410 g/mol. The molecule has 2 bridgehead atoms. The Bertz CT molecular complexity index is 3860. The van der Waals surface area contributed by atoms with E-state index in [4.69, 9.17) is 67.8 Å². The van der Waals surface area contributed by atoms with Crippen molar-refractivity contribution < 1.29 is 104 Å². The smallest absolute Gasteiger partial charge is 0.410 e. The Hall–Kier alpha value is -7.55. The lowest BCUT2D eigenvalue weighted by Crippen LogP contribution is -2.53. The van der Waals surface area contributed by atoms with Crippen molar-refractivity contribution in [2.45, 2.75) is 102 Å². The maximum Gasteiger partial charge on any atom is 0.410 e. The number of nitrogens with zero attached hydrogens (tertiary/aromatic N) is 7. The van der Waals surface area contributed by atoms with Crippen molar-refractivity contribution in [1.82, 2.24) is 49.9 Å². The van der Waals surface area contributed by atoms with Gasteiger partial charge in [-0.05, 0) is 60.4 Å². The number of imidazole rings is 1. The Morgan fingerprint density at radius 3 is 2.16 bits per heavy atom. The number of benzene rings is 2. The van der Waals surface area contributed by atoms with Crippen LogP contribution in [0.5, 0.6) is 5.88 Å². The number of carbonyl (C=O) groups is 7. The van der Waals surface area contributed by atoms with Crippen LogP contribution in [-0.4, -0.2) is 226 Å². The fourth-order valence-electron chi connectivity index (χ4n) is 10.7. The van der Waals surface area contributed by atoms with E-state index in [0.717, 1.165) is 11.2 Å². The molecule has 7 N–H and O–H groups in total. The van der Waals surface area contributed by atoms with E-state index in [1.165, 1.54) is 54.2 Å². The quantitative estimate of drug-likeness (QED) is 0.0129. The molecule has 7 amide bonds. The molecule has 3 aliphatic heterocycles. The van der Waals surface area contributed by atoms with E-state index in [9.17, 15) is 52.9 Å². The highest BCUT2D eigenvalue weighted by Gasteiger charge is 2.51. The number of hydrogen-bond donors (Lipinski definition) is 8. The van der Waals surface area contributed by atoms with Crippen LogP contribution in [0, 0.1) is 11.8 Å². The maximum atomic E-state index is 14.0. The number of rotatable bonds is 33. The molecule has 101 heavy (non-hydrogen) atoms. The standard InChI is InChI=1S/C62H80N12O23P2S2/c1-37(2)51(68-47(75)16-19-86-21-23-88-25-27-90-28-26-89-24-22-87-20-18-73-49(76)13-14-50(73)77)58(81)66-38(3)56(79)67-42-11-9-39(10-12-42)32-91-62(83)72(4)31-40-7-5-6-8-44(40)57(80)70-61-69-55-52(59(82)71-61)65-36-74(55)60-54-53(78)46(95-60)34-93-98(84,100)96-45-30-43(94-48-15-17-63-35-64-48)29-41(45)33-92-99(85,101)97-54/h5-15,17,35-38,41,43,45-46,51,53-54,60,78H,16,18-34H2,1-4H3,(H,66,81)(H,67,79)(H,68,75)(H,84,100)(H,85,101)(H2,69,70,71,80,82)/t38-,41?,43+,45-,46+,51-,53+,54+,60+,98?,99?/m0/s1. The van der Waals surface area contributed by atoms with Gasteiger partial charge in [-0.1, -0.05) is 56.4 Å². The number of aromatic nitrogens is 6. The number of aliphatic hydroxyl groups excluding tert-OH is 1. The van der Waals surface area contributed by atoms with E-state index in [-0.39, 0.29) is 106 Å². The average Bonchev–Trinajstić information content (AvgIpc) is 1.61. The van der Waals surface area contributed by atoms with Crippen LogP contribution in [0.3, 0.4) is 0 Å². The molecule has 9 rings (SSSR count). The van der Waals surface area contributed by atoms with Crippen LogP contribution in [0.2, 0.25) is 0 Å². The van der Waals surface area contributed by atoms with E-state index in [2.05, 4.69) is 58.4 Å². The molecule has 2 aromatic carbocycles. The summed E-state index contributed by atoms with van der Waals surface area (Å²) in [5.74, 6) is -3.91. The van der Waals surface area contributed by atoms with Crippen LogP contribution >= 0.6 is 25.8 Å². The summed E-state index contributed by atoms with van der Waals surface area (Å²) in [5.41, 5.74) is 0.200. The molecule has 3 fully saturated rings. The molecule has 3 unspecified atom stereocenters. The van der Waals surface area contributed by atoms with Gasteiger partial charge in [0.2, 0.25) is 29.5 Å². The first kappa shape index (κ1) is 77.6. The second kappa shape index (κ2) is 37.1. The lowest BCUT2D eigenvalue weighted by atomic mass is 10.0. The number of H-pyrrole nitrogens is 1. The normalized spacial score (nSPS) is 23.5. The van der Waals surface area contributed by atoms with Crippen LogP contribution in [0.25, 0.3) is 11.2 Å². The molecule has 3 aromatic heterocycles. The van der Waals surface area contributed by atoms with Gasteiger partial charge < -0.3 is 82.3 Å². The van der Waals surface area contributed by atoms with Gasteiger partial charge in [0, 0.05) is 68.0 Å². The van der Waals surface area contributed by atoms with Crippen molar-refractivity contribution in [2.75, 3.05) is 104 Å². The minimum atomic E-state index is -4.38. The number of thiol groups is 1. The molecule has 5 aromatic rings. The highest BCUT2D eigenvalue weighted by molar-refractivity contribution is 8.44. The molecule has 2 saturated heterocycles. The molecular formula is C62H80N12O23P2S2. The van der Waals surface area contributed by atoms with Crippen molar-refractivity contribution in [2.24, 2.45) is 11.8 Å². The number of imide groups is 1. The molecule has 11 atom stereocenters. The molecule has 6 heterocycles. The van der Waals surface area contributed by atoms with Crippen molar-refractivity contribution in [3.8, 4) is 5.88 Å². The van der Waals surface area contributed by atoms with Gasteiger partial charge in [0.05, 0.1) is 98.3 Å². The third-order valence-corrected chi connectivity index (χ3v) is 19.2. The second-order valence-electron chi connectivity index (χ2n) is 23.8. The Balaban J connectivity index is 0.680. The van der Waals surface area contributed by atoms with Gasteiger partial charge in [-0.3, -0.25) is 57.9 Å². The van der Waals surface area contributed by atoms with E-state index in [1.54, 1.807) is 62.4 Å². The summed E-state index contributed by atoms with van der Waals surface area (Å²) in [5, 5.41) is 22.3. The summed E-state index contributed by atoms with van der Waals surface area (Å²) in [6.07, 6.45) is -1.07. The third-order valence-electron chi connectivity index (χ3n) is 16.0. The summed E-state index contributed by atoms with van der Waals surface area (Å²) in [6, 6.07) is 12.4. The van der Waals surface area contributed by atoms with Gasteiger partial charge >= 0.3 is 19.6 Å². The van der Waals surface area contributed by atoms with Gasteiger partial charge in [-0.2, -0.15) is 4.98 Å². The molecule has 1 aliphatic carbocycles. The van der Waals surface area contributed by atoms with Gasteiger partial charge in [0.1, 0.15) is 49.4 Å². The summed E-state index contributed by atoms with van der Waals surface area (Å²) < 4.78 is 83.6. The lowest BCUT2D eigenvalue weighted by molar-refractivity contribution is -0.137. The fourth-order valence-corrected chi connectivity index (χ4v) is 13.7. The van der Waals surface area contributed by atoms with E-state index in [0.29, 0.717) is 68.8 Å². The number of aromatic amines is 1. The minimum Gasteiger partial charge on any atom is -0.474 e. The Kier molecular flexibility index (Phi) is 28.5. The van der Waals surface area contributed by atoms with Crippen LogP contribution in [0.4, 0.5) is 16.4 Å². The molecule has 0 radical (unpaired) electrons. The molecule has 0 spiro atoms. The van der Waals surface area contributed by atoms with Crippen molar-refractivity contribution in [3.63, 3.8) is 0 Å². The minimum absolute atomic E-state index is 0.0243. The van der Waals surface area contributed by atoms with Gasteiger partial charge in [-0.15, -0.1) is 0 Å². The number of amides is 7. The number of fused-ring (bicyclic) bond motifs is 4. The first-order valence-corrected chi connectivity index (χ1v) is 37.4. The first-order valence-electron chi connectivity index (χ1n) is 32.1. The number of carbonyl (C=O) groups excluding carboxylic acids is 7. The first-order chi connectivity index (χ1) is 48.4. The van der Waals surface area contributed by atoms with Crippen molar-refractivity contribution in [3.05, 3.63) is 113 Å². The van der Waals surface area contributed by atoms with E-state index < -0.39 is 110 Å². The number of nitrogens with one attached hydrogen (secondary N) is 5. The zero-order valence-corrected chi connectivity index (χ0v) is 58.9. The topological polar surface area (TPSA) is 432 Å². The van der Waals surface area contributed by atoms with Gasteiger partial charge in [0.25, 0.3) is 23.3 Å². The van der Waals surface area contributed by atoms with Crippen LogP contribution in [-0.2, 0) is 105 Å². The predicted molar refractivity (Wildman–Crippen MR) is 362 cm³/mol. The number of anilines is 2. The Labute approximate surface area is 589 Å². The monoisotopic (exact) mass is 1490 g/mol. The maximum absolute atomic E-state index is 14.0. The van der Waals surface area contributed by atoms with Crippen LogP contribution in [0.15, 0.2) is 90.4 Å². The number of ether oxygens (including phenoxy) is 8. The van der Waals surface area contributed by atoms with Crippen LogP contribution < -0.4 is 31.6 Å². The van der Waals surface area contributed by atoms with Crippen molar-refractivity contribution >= 4 is 102 Å². The molecule has 35 nitrogen and oxygen atoms in total. The second-order valence-corrected chi connectivity index (χ2v) is 29.4. The van der Waals surface area contributed by atoms with Crippen LogP contribution in [0.1, 0.15) is 67.7 Å². The lowest BCUT2D eigenvalue weighted by Gasteiger charge is -2.27. The zero-order chi connectivity index (χ0) is 72.2. The average molecular weight is 1490 g/mol. The van der Waals surface area contributed by atoms with Gasteiger partial charge in [-0.25, -0.2) is 24.3 Å². The molecule has 39 heteroatoms. The summed E-state index contributed by atoms with van der Waals surface area (Å²) in [6.45, 7) is -1.60. The predicted octanol–water partition coefficient (Wildman–Crippen LogP) is 3.10. The Morgan fingerprint density at radius 2 is 1.49 bits per heavy atom. The molecule has 1 saturated carbocycles. The fraction of sp³-hybridized carbons (Fsp3) is 0.516. The molecule has 548 valence electrons. The number of hydrogen-bond acceptors (Lipinski definition) is 27.